The number of carbonyl (C=O) groups is 4. The van der Waals surface area contributed by atoms with Crippen molar-refractivity contribution in [3.63, 3.8) is 0 Å². The Morgan fingerprint density at radius 1 is 0.699 bits per heavy atom. The van der Waals surface area contributed by atoms with Crippen molar-refractivity contribution in [3.8, 4) is 5.75 Å². The molecule has 0 unspecified atom stereocenters. The number of ether oxygens (including phenoxy) is 1. The summed E-state index contributed by atoms with van der Waals surface area (Å²) in [6.45, 7) is 8.71. The molecule has 1 fully saturated rings. The van der Waals surface area contributed by atoms with E-state index in [-0.39, 0.29) is 23.2 Å². The lowest BCUT2D eigenvalue weighted by Gasteiger charge is -2.40. The van der Waals surface area contributed by atoms with Crippen molar-refractivity contribution >= 4 is 46.7 Å². The van der Waals surface area contributed by atoms with Gasteiger partial charge in [-0.1, -0.05) is 119 Å². The van der Waals surface area contributed by atoms with Crippen molar-refractivity contribution in [1.82, 2.24) is 34.6 Å². The molecular formula is C67H82ClN9O6. The summed E-state index contributed by atoms with van der Waals surface area (Å²) in [6, 6.07) is 32.7. The Morgan fingerprint density at radius 3 is 2.06 bits per heavy atom. The molecule has 3 aromatic heterocycles. The standard InChI is InChI=1S/C67H82ClN9O6/c1-3-5-8-21-60(78)42-56-17-14-18-58(72-56)47-76(49-63-70-35-36-71-63)44-52-39-51(43-75(46-57-20-16-34-69-57)48-59-19-15-22-62(73-59)74-64(79)23-9-6-4-2)40-61(41-52)83-38-13-12-37-77(45-50-24-26-53(27-25-50)65(80)81)66(82)67(32-10-7-11-33-67)54-28-30-55(68)31-29-54/h14-19,22,24-31,34-36,39-41H,3-13,20-21,23,32-33,37-38,42-49H2,1-2H3,(H,70,71)(H,80,81)(H,73,74,79). The lowest BCUT2D eigenvalue weighted by molar-refractivity contribution is -0.139. The summed E-state index contributed by atoms with van der Waals surface area (Å²) in [5, 5.41) is 13.3. The summed E-state index contributed by atoms with van der Waals surface area (Å²) < 4.78 is 6.76. The molecule has 1 aliphatic heterocycles. The average molecular weight is 1140 g/mol. The number of nitrogens with zero attached hydrogens (tertiary/aromatic N) is 7. The van der Waals surface area contributed by atoms with E-state index >= 15 is 4.79 Å². The molecule has 15 nitrogen and oxygen atoms in total. The Labute approximate surface area is 495 Å². The number of benzene rings is 3. The number of carbonyl (C=O) groups excluding carboxylic acids is 3. The second-order valence-electron chi connectivity index (χ2n) is 22.3. The molecule has 0 atom stereocenters. The van der Waals surface area contributed by atoms with Crippen LogP contribution in [0.3, 0.4) is 0 Å². The fourth-order valence-corrected chi connectivity index (χ4v) is 11.4. The number of aromatic amines is 1. The van der Waals surface area contributed by atoms with Crippen molar-refractivity contribution < 1.29 is 29.0 Å². The number of aromatic carboxylic acids is 1. The molecular weight excluding hydrogens is 1060 g/mol. The van der Waals surface area contributed by atoms with E-state index in [1.165, 1.54) is 0 Å². The SMILES string of the molecule is CCCCCC(=O)Cc1cccc(CN(Cc2cc(CN(CC3=NC=CC3)Cc3cccc(NC(=O)CCCCC)n3)cc(OCCCCN(Cc3ccc(C(=O)O)cc3)C(=O)C3(c4ccc(Cl)cc4)CCCCC3)c2)Cc2ncc[nH]2)n1. The van der Waals surface area contributed by atoms with Crippen LogP contribution < -0.4 is 10.1 Å². The number of nitrogens with one attached hydrogen (secondary N) is 2. The van der Waals surface area contributed by atoms with Gasteiger partial charge in [0.1, 0.15) is 23.2 Å². The molecule has 1 aliphatic carbocycles. The lowest BCUT2D eigenvalue weighted by Crippen LogP contribution is -2.48. The highest BCUT2D eigenvalue weighted by Crippen LogP contribution is 2.42. The van der Waals surface area contributed by atoms with Crippen molar-refractivity contribution in [2.24, 2.45) is 4.99 Å². The number of Topliss-reactive ketones (excluding diaryl/α,β-unsaturated/α-hetero) is 1. The number of ketones is 1. The summed E-state index contributed by atoms with van der Waals surface area (Å²) in [4.78, 5) is 81.8. The van der Waals surface area contributed by atoms with Gasteiger partial charge >= 0.3 is 5.97 Å². The van der Waals surface area contributed by atoms with Crippen molar-refractivity contribution in [3.05, 3.63) is 184 Å². The predicted octanol–water partition coefficient (Wildman–Crippen LogP) is 13.4. The number of imidazole rings is 1. The molecule has 4 heterocycles. The van der Waals surface area contributed by atoms with E-state index in [2.05, 4.69) is 63.2 Å². The molecule has 3 aromatic carbocycles. The second kappa shape index (κ2) is 31.9. The molecule has 1 saturated carbocycles. The molecule has 3 N–H and O–H groups in total. The van der Waals surface area contributed by atoms with Crippen LogP contribution in [0.4, 0.5) is 5.82 Å². The molecule has 0 bridgehead atoms. The van der Waals surface area contributed by atoms with Gasteiger partial charge in [0.2, 0.25) is 11.8 Å². The monoisotopic (exact) mass is 1140 g/mol. The highest BCUT2D eigenvalue weighted by Gasteiger charge is 2.43. The summed E-state index contributed by atoms with van der Waals surface area (Å²) >= 11 is 6.38. The van der Waals surface area contributed by atoms with Crippen molar-refractivity contribution in [2.45, 2.75) is 168 Å². The quantitative estimate of drug-likeness (QED) is 0.0326. The topological polar surface area (TPSA) is 186 Å². The summed E-state index contributed by atoms with van der Waals surface area (Å²) in [5.74, 6) is 1.33. The van der Waals surface area contributed by atoms with Crippen LogP contribution in [0.2, 0.25) is 5.02 Å². The van der Waals surface area contributed by atoms with Crippen molar-refractivity contribution in [1.29, 1.82) is 0 Å². The number of amides is 2. The number of hydrogen-bond acceptors (Lipinski definition) is 11. The Kier molecular flexibility index (Phi) is 23.7. The van der Waals surface area contributed by atoms with Gasteiger partial charge in [-0.05, 0) is 121 Å². The number of hydrogen-bond donors (Lipinski definition) is 3. The number of aliphatic imine (C=N–C) groups is 1. The van der Waals surface area contributed by atoms with Crippen LogP contribution in [0, 0.1) is 0 Å². The predicted molar refractivity (Wildman–Crippen MR) is 327 cm³/mol. The Balaban J connectivity index is 1.04. The minimum atomic E-state index is -0.994. The number of pyridine rings is 2. The maximum Gasteiger partial charge on any atom is 0.335 e. The van der Waals surface area contributed by atoms with Crippen LogP contribution in [0.1, 0.15) is 172 Å². The van der Waals surface area contributed by atoms with Gasteiger partial charge in [-0.2, -0.15) is 0 Å². The van der Waals surface area contributed by atoms with Crippen LogP contribution in [-0.2, 0) is 65.5 Å². The number of allylic oxidation sites excluding steroid dienone is 1. The largest absolute Gasteiger partial charge is 0.494 e. The highest BCUT2D eigenvalue weighted by atomic mass is 35.5. The molecule has 2 amide bonds. The molecule has 0 spiro atoms. The lowest BCUT2D eigenvalue weighted by atomic mass is 9.68. The smallest absolute Gasteiger partial charge is 0.335 e. The average Bonchev–Trinajstić information content (AvgIpc) is 4.33. The number of rotatable bonds is 34. The molecule has 8 rings (SSSR count). The number of anilines is 1. The summed E-state index contributed by atoms with van der Waals surface area (Å²) in [6.07, 6.45) is 21.3. The zero-order chi connectivity index (χ0) is 58.2. The number of carboxylic acid groups (broad SMARTS) is 1. The first-order valence-electron chi connectivity index (χ1n) is 29.9. The molecule has 0 saturated heterocycles. The summed E-state index contributed by atoms with van der Waals surface area (Å²) in [5.41, 5.74) is 6.92. The van der Waals surface area contributed by atoms with Crippen LogP contribution in [0.15, 0.2) is 133 Å². The minimum Gasteiger partial charge on any atom is -0.494 e. The van der Waals surface area contributed by atoms with E-state index < -0.39 is 11.4 Å². The minimum absolute atomic E-state index is 0.0363. The number of unbranched alkanes of at least 4 members (excludes halogenated alkanes) is 5. The fourth-order valence-electron chi connectivity index (χ4n) is 11.3. The van der Waals surface area contributed by atoms with Gasteiger partial charge in [0.15, 0.2) is 0 Å². The van der Waals surface area contributed by atoms with Gasteiger partial charge < -0.3 is 25.0 Å². The second-order valence-corrected chi connectivity index (χ2v) is 22.8. The fraction of sp³-hybridized carbons (Fsp3) is 0.433. The Bertz CT molecular complexity index is 3100. The molecule has 2 aliphatic rings. The Morgan fingerprint density at radius 2 is 1.39 bits per heavy atom. The van der Waals surface area contributed by atoms with Crippen LogP contribution in [0.5, 0.6) is 5.75 Å². The number of H-pyrrole nitrogens is 1. The van der Waals surface area contributed by atoms with E-state index in [9.17, 15) is 19.5 Å². The molecule has 6 aromatic rings. The first-order chi connectivity index (χ1) is 40.4. The zero-order valence-electron chi connectivity index (χ0n) is 48.5. The normalized spacial score (nSPS) is 13.8. The van der Waals surface area contributed by atoms with Crippen LogP contribution in [-0.4, -0.2) is 88.7 Å². The third-order valence-corrected chi connectivity index (χ3v) is 15.8. The van der Waals surface area contributed by atoms with Gasteiger partial charge in [0.05, 0.1) is 35.5 Å². The van der Waals surface area contributed by atoms with E-state index in [0.29, 0.717) is 102 Å². The van der Waals surface area contributed by atoms with Crippen LogP contribution >= 0.6 is 11.6 Å². The third kappa shape index (κ3) is 19.4. The number of carboxylic acids is 1. The molecule has 16 heteroatoms. The van der Waals surface area contributed by atoms with E-state index in [1.807, 2.05) is 78.0 Å². The molecule has 83 heavy (non-hydrogen) atoms. The zero-order valence-corrected chi connectivity index (χ0v) is 49.3. The highest BCUT2D eigenvalue weighted by molar-refractivity contribution is 6.30. The number of aromatic nitrogens is 4. The van der Waals surface area contributed by atoms with Gasteiger partial charge in [0.25, 0.3) is 0 Å². The molecule has 0 radical (unpaired) electrons. The summed E-state index contributed by atoms with van der Waals surface area (Å²) in [7, 11) is 0. The van der Waals surface area contributed by atoms with E-state index in [4.69, 9.17) is 31.3 Å². The van der Waals surface area contributed by atoms with Gasteiger partial charge in [-0.25, -0.2) is 14.8 Å². The van der Waals surface area contributed by atoms with Crippen molar-refractivity contribution in [2.75, 3.05) is 25.0 Å². The first-order valence-corrected chi connectivity index (χ1v) is 30.3. The number of halogens is 1. The van der Waals surface area contributed by atoms with Gasteiger partial charge in [-0.15, -0.1) is 0 Å². The first kappa shape index (κ1) is 61.7. The van der Waals surface area contributed by atoms with Gasteiger partial charge in [-0.3, -0.25) is 34.2 Å². The third-order valence-electron chi connectivity index (χ3n) is 15.5. The maximum atomic E-state index is 15.2. The van der Waals surface area contributed by atoms with E-state index in [1.54, 1.807) is 30.5 Å². The maximum absolute atomic E-state index is 15.2. The molecule has 438 valence electrons. The van der Waals surface area contributed by atoms with E-state index in [0.717, 1.165) is 134 Å². The van der Waals surface area contributed by atoms with Gasteiger partial charge in [0, 0.05) is 107 Å². The Hall–Kier alpha value is -7.33. The van der Waals surface area contributed by atoms with Crippen LogP contribution in [0.25, 0.3) is 0 Å².